The third kappa shape index (κ3) is 4.57. The highest BCUT2D eigenvalue weighted by molar-refractivity contribution is 6.20. The average Bonchev–Trinajstić information content (AvgIpc) is 3.55. The van der Waals surface area contributed by atoms with Gasteiger partial charge in [-0.1, -0.05) is 30.3 Å². The summed E-state index contributed by atoms with van der Waals surface area (Å²) in [6, 6.07) is 23.2. The van der Waals surface area contributed by atoms with Crippen molar-refractivity contribution in [1.29, 1.82) is 0 Å². The van der Waals surface area contributed by atoms with E-state index >= 15 is 0 Å². The zero-order chi connectivity index (χ0) is 23.5. The molecule has 168 valence electrons. The zero-order valence-corrected chi connectivity index (χ0v) is 18.7. The first kappa shape index (κ1) is 21.5. The lowest BCUT2D eigenvalue weighted by molar-refractivity contribution is 0.0697. The number of carboxylic acid groups (broad SMARTS) is 1. The predicted molar refractivity (Wildman–Crippen MR) is 133 cm³/mol. The maximum Gasteiger partial charge on any atom is 0.335 e. The van der Waals surface area contributed by atoms with E-state index in [0.717, 1.165) is 58.0 Å². The van der Waals surface area contributed by atoms with Crippen molar-refractivity contribution in [3.63, 3.8) is 0 Å². The molecule has 2 aliphatic heterocycles. The molecule has 1 N–H and O–H groups in total. The Morgan fingerprint density at radius 2 is 1.53 bits per heavy atom. The molecule has 0 saturated heterocycles. The van der Waals surface area contributed by atoms with Gasteiger partial charge in [0.05, 0.1) is 29.8 Å². The van der Waals surface area contributed by atoms with Crippen molar-refractivity contribution in [2.45, 2.75) is 19.3 Å². The number of allylic oxidation sites excluding steroid dienone is 1. The monoisotopic (exact) mass is 449 g/mol. The molecule has 0 radical (unpaired) electrons. The van der Waals surface area contributed by atoms with Crippen molar-refractivity contribution in [3.8, 4) is 5.75 Å². The Hall–Kier alpha value is -4.32. The second kappa shape index (κ2) is 9.27. The second-order valence-electron chi connectivity index (χ2n) is 8.30. The molecular weight excluding hydrogens is 426 g/mol. The molecule has 3 aromatic carbocycles. The fourth-order valence-electron chi connectivity index (χ4n) is 4.12. The molecule has 2 aliphatic rings. The van der Waals surface area contributed by atoms with Crippen LogP contribution in [0, 0.1) is 0 Å². The third-order valence-corrected chi connectivity index (χ3v) is 6.01. The number of nitrogens with zero attached hydrogens (tertiary/aromatic N) is 3. The Bertz CT molecular complexity index is 1360. The molecule has 0 aliphatic carbocycles. The first-order valence-corrected chi connectivity index (χ1v) is 11.0. The predicted octanol–water partition coefficient (Wildman–Crippen LogP) is 5.31. The molecule has 2 heterocycles. The van der Waals surface area contributed by atoms with Gasteiger partial charge in [-0.25, -0.2) is 4.79 Å². The van der Waals surface area contributed by atoms with Crippen LogP contribution in [-0.2, 0) is 6.42 Å². The van der Waals surface area contributed by atoms with Gasteiger partial charge >= 0.3 is 5.97 Å². The van der Waals surface area contributed by atoms with Gasteiger partial charge in [-0.3, -0.25) is 4.99 Å². The first-order valence-electron chi connectivity index (χ1n) is 11.0. The average molecular weight is 450 g/mol. The summed E-state index contributed by atoms with van der Waals surface area (Å²) in [4.78, 5) is 15.7. The molecule has 5 rings (SSSR count). The number of carbonyl (C=O) groups is 1. The first-order chi connectivity index (χ1) is 16.6. The van der Waals surface area contributed by atoms with Crippen LogP contribution in [0.2, 0.25) is 0 Å². The van der Waals surface area contributed by atoms with E-state index in [1.807, 2.05) is 48.7 Å². The van der Waals surface area contributed by atoms with Crippen LogP contribution in [0.3, 0.4) is 0 Å². The van der Waals surface area contributed by atoms with E-state index in [1.165, 1.54) is 5.57 Å². The summed E-state index contributed by atoms with van der Waals surface area (Å²) in [6.07, 6.45) is 4.12. The Morgan fingerprint density at radius 3 is 2.21 bits per heavy atom. The van der Waals surface area contributed by atoms with Gasteiger partial charge in [-0.15, -0.1) is 0 Å². The van der Waals surface area contributed by atoms with E-state index in [9.17, 15) is 4.79 Å². The van der Waals surface area contributed by atoms with Crippen LogP contribution in [0.4, 0.5) is 0 Å². The molecule has 0 bridgehead atoms. The summed E-state index contributed by atoms with van der Waals surface area (Å²) in [7, 11) is 1.65. The van der Waals surface area contributed by atoms with Crippen LogP contribution < -0.4 is 4.74 Å². The number of benzene rings is 3. The molecule has 6 nitrogen and oxygen atoms in total. The fourth-order valence-corrected chi connectivity index (χ4v) is 4.12. The smallest absolute Gasteiger partial charge is 0.335 e. The lowest BCUT2D eigenvalue weighted by atomic mass is 9.96. The Balaban J connectivity index is 1.22. The van der Waals surface area contributed by atoms with Crippen molar-refractivity contribution >= 4 is 23.1 Å². The van der Waals surface area contributed by atoms with Crippen LogP contribution in [0.15, 0.2) is 99.8 Å². The van der Waals surface area contributed by atoms with Crippen molar-refractivity contribution in [1.82, 2.24) is 0 Å². The van der Waals surface area contributed by atoms with E-state index in [1.54, 1.807) is 19.2 Å². The molecule has 0 atom stereocenters. The van der Waals surface area contributed by atoms with E-state index < -0.39 is 5.97 Å². The highest BCUT2D eigenvalue weighted by atomic mass is 16.5. The van der Waals surface area contributed by atoms with Crippen molar-refractivity contribution in [3.05, 3.63) is 112 Å². The number of aliphatic imine (C=N–C) groups is 1. The minimum atomic E-state index is -0.912. The van der Waals surface area contributed by atoms with Crippen LogP contribution in [-0.4, -0.2) is 35.3 Å². The largest absolute Gasteiger partial charge is 0.497 e. The Labute approximate surface area is 197 Å². The molecule has 34 heavy (non-hydrogen) atoms. The summed E-state index contributed by atoms with van der Waals surface area (Å²) >= 11 is 0. The van der Waals surface area contributed by atoms with E-state index in [-0.39, 0.29) is 0 Å². The van der Waals surface area contributed by atoms with Gasteiger partial charge in [0, 0.05) is 19.0 Å². The molecule has 0 fully saturated rings. The lowest BCUT2D eigenvalue weighted by Crippen LogP contribution is -2.07. The topological polar surface area (TPSA) is 83.6 Å². The Kier molecular flexibility index (Phi) is 5.87. The fraction of sp³-hybridized carbons (Fsp3) is 0.143. The summed E-state index contributed by atoms with van der Waals surface area (Å²) in [6.45, 7) is 0. The number of rotatable bonds is 7. The molecule has 3 aromatic rings. The molecule has 0 saturated carbocycles. The second-order valence-corrected chi connectivity index (χ2v) is 8.30. The highest BCUT2D eigenvalue weighted by Gasteiger charge is 2.18. The number of carboxylic acids is 1. The molecule has 0 spiro atoms. The number of methoxy groups -OCH3 is 1. The molecule has 0 unspecified atom stereocenters. The maximum absolute atomic E-state index is 11.0. The van der Waals surface area contributed by atoms with E-state index in [4.69, 9.17) is 9.84 Å². The minimum Gasteiger partial charge on any atom is -0.497 e. The zero-order valence-electron chi connectivity index (χ0n) is 18.7. The standard InChI is InChI=1S/C28H23N3O3/c1-34-24-11-9-20(10-12-24)26-16-27(31-30-26)23-4-2-3-22(15-23)25-14-19(17-29-25)13-18-5-7-21(8-6-18)28(32)33/h2-12,15,17H,13-14,16H2,1H3,(H,32,33). The summed E-state index contributed by atoms with van der Waals surface area (Å²) < 4.78 is 5.23. The normalized spacial score (nSPS) is 14.9. The van der Waals surface area contributed by atoms with Crippen molar-refractivity contribution < 1.29 is 14.6 Å². The van der Waals surface area contributed by atoms with Gasteiger partial charge in [0.15, 0.2) is 0 Å². The van der Waals surface area contributed by atoms with Gasteiger partial charge in [-0.05, 0) is 76.7 Å². The number of ether oxygens (including phenoxy) is 1. The highest BCUT2D eigenvalue weighted by Crippen LogP contribution is 2.24. The Morgan fingerprint density at radius 1 is 0.853 bits per heavy atom. The molecule has 0 amide bonds. The summed E-state index contributed by atoms with van der Waals surface area (Å²) in [5.74, 6) is -0.0932. The van der Waals surface area contributed by atoms with Crippen molar-refractivity contribution in [2.24, 2.45) is 15.2 Å². The van der Waals surface area contributed by atoms with Crippen LogP contribution in [0.5, 0.6) is 5.75 Å². The molecule has 0 aromatic heterocycles. The maximum atomic E-state index is 11.0. The quantitative estimate of drug-likeness (QED) is 0.531. The van der Waals surface area contributed by atoms with Gasteiger partial charge in [0.2, 0.25) is 0 Å². The number of hydrogen-bond acceptors (Lipinski definition) is 5. The van der Waals surface area contributed by atoms with Gasteiger partial charge in [0.25, 0.3) is 0 Å². The number of aromatic carboxylic acids is 1. The molecular formula is C28H23N3O3. The number of hydrogen-bond donors (Lipinski definition) is 1. The van der Waals surface area contributed by atoms with Crippen molar-refractivity contribution in [2.75, 3.05) is 7.11 Å². The van der Waals surface area contributed by atoms with Gasteiger partial charge < -0.3 is 9.84 Å². The van der Waals surface area contributed by atoms with E-state index in [2.05, 4.69) is 33.4 Å². The van der Waals surface area contributed by atoms with E-state index in [0.29, 0.717) is 12.0 Å². The molecule has 6 heteroatoms. The van der Waals surface area contributed by atoms with Crippen LogP contribution in [0.25, 0.3) is 0 Å². The summed E-state index contributed by atoms with van der Waals surface area (Å²) in [5.41, 5.74) is 8.64. The van der Waals surface area contributed by atoms with Crippen LogP contribution in [0.1, 0.15) is 45.5 Å². The van der Waals surface area contributed by atoms with Crippen LogP contribution >= 0.6 is 0 Å². The summed E-state index contributed by atoms with van der Waals surface area (Å²) in [5, 5.41) is 17.9. The third-order valence-electron chi connectivity index (χ3n) is 6.01. The lowest BCUT2D eigenvalue weighted by Gasteiger charge is -2.08. The minimum absolute atomic E-state index is 0.298. The van der Waals surface area contributed by atoms with Gasteiger partial charge in [-0.2, -0.15) is 10.2 Å². The SMILES string of the molecule is COc1ccc(C2=NN=C(c3cccc(C4=NC=C(Cc5ccc(C(=O)O)cc5)C4)c3)C2)cc1. The van der Waals surface area contributed by atoms with Gasteiger partial charge in [0.1, 0.15) is 5.75 Å².